The smallest absolute Gasteiger partial charge is 0.335 e. The molecular formula is C24H40O6Si4. The molecule has 0 bridgehead atoms. The van der Waals surface area contributed by atoms with Crippen molar-refractivity contribution in [3.05, 3.63) is 59.7 Å². The van der Waals surface area contributed by atoms with E-state index in [9.17, 15) is 9.59 Å². The molecule has 0 aliphatic rings. The summed E-state index contributed by atoms with van der Waals surface area (Å²) >= 11 is 0. The zero-order valence-corrected chi connectivity index (χ0v) is 26.1. The third-order valence-corrected chi connectivity index (χ3v) is 17.2. The third-order valence-electron chi connectivity index (χ3n) is 4.78. The maximum atomic E-state index is 10.8. The van der Waals surface area contributed by atoms with Crippen molar-refractivity contribution in [1.29, 1.82) is 0 Å². The minimum absolute atomic E-state index is 0.326. The average molecular weight is 537 g/mol. The van der Waals surface area contributed by atoms with E-state index in [4.69, 9.17) is 18.4 Å². The summed E-state index contributed by atoms with van der Waals surface area (Å²) in [5.74, 6) is -1.77. The summed E-state index contributed by atoms with van der Waals surface area (Å²) in [7, 11) is -6.94. The van der Waals surface area contributed by atoms with Gasteiger partial charge in [-0.1, -0.05) is 24.3 Å². The van der Waals surface area contributed by atoms with Crippen LogP contribution >= 0.6 is 0 Å². The summed E-state index contributed by atoms with van der Waals surface area (Å²) in [5, 5.41) is 20.0. The van der Waals surface area contributed by atoms with Crippen molar-refractivity contribution in [3.63, 3.8) is 0 Å². The van der Waals surface area contributed by atoms with Gasteiger partial charge in [-0.25, -0.2) is 9.59 Å². The summed E-state index contributed by atoms with van der Waals surface area (Å²) < 4.78 is 12.5. The van der Waals surface area contributed by atoms with Crippen LogP contribution in [0, 0.1) is 0 Å². The van der Waals surface area contributed by atoms with Gasteiger partial charge in [0.25, 0.3) is 0 Å². The fraction of sp³-hybridized carbons (Fsp3) is 0.417. The van der Waals surface area contributed by atoms with Gasteiger partial charge in [0.05, 0.1) is 11.1 Å². The predicted octanol–water partition coefficient (Wildman–Crippen LogP) is 5.30. The fourth-order valence-corrected chi connectivity index (χ4v) is 18.8. The monoisotopic (exact) mass is 536 g/mol. The van der Waals surface area contributed by atoms with Gasteiger partial charge in [0.1, 0.15) is 0 Å². The molecule has 0 spiro atoms. The minimum atomic E-state index is -1.90. The standard InChI is InChI=1S/2C12H20O3Si2/c2*1-16(2,3)15-17(4,5)11-8-6-10(7-9-11)12(13)14/h2*6-9H,1-5H3,(H,13,14). The van der Waals surface area contributed by atoms with Crippen LogP contribution < -0.4 is 10.4 Å². The lowest BCUT2D eigenvalue weighted by molar-refractivity contribution is 0.0686. The Morgan fingerprint density at radius 2 is 0.765 bits per heavy atom. The highest BCUT2D eigenvalue weighted by atomic mass is 28.4. The van der Waals surface area contributed by atoms with Crippen molar-refractivity contribution in [2.75, 3.05) is 0 Å². The molecule has 0 saturated carbocycles. The highest BCUT2D eigenvalue weighted by Gasteiger charge is 2.32. The van der Waals surface area contributed by atoms with E-state index in [0.717, 1.165) is 10.4 Å². The zero-order chi connectivity index (χ0) is 26.5. The van der Waals surface area contributed by atoms with E-state index < -0.39 is 45.2 Å². The van der Waals surface area contributed by atoms with Crippen LogP contribution in [0.15, 0.2) is 48.5 Å². The van der Waals surface area contributed by atoms with Gasteiger partial charge >= 0.3 is 11.9 Å². The molecule has 0 amide bonds. The highest BCUT2D eigenvalue weighted by Crippen LogP contribution is 2.15. The van der Waals surface area contributed by atoms with Gasteiger partial charge in [0, 0.05) is 0 Å². The lowest BCUT2D eigenvalue weighted by atomic mass is 10.2. The van der Waals surface area contributed by atoms with E-state index in [1.807, 2.05) is 24.3 Å². The number of benzene rings is 2. The Labute approximate surface area is 208 Å². The Morgan fingerprint density at radius 1 is 0.529 bits per heavy atom. The molecule has 0 aliphatic heterocycles. The van der Waals surface area contributed by atoms with Crippen LogP contribution in [0.5, 0.6) is 0 Å². The summed E-state index contributed by atoms with van der Waals surface area (Å²) in [4.78, 5) is 21.6. The fourth-order valence-electron chi connectivity index (χ4n) is 3.68. The maximum absolute atomic E-state index is 10.8. The second-order valence-electron chi connectivity index (χ2n) is 11.2. The predicted molar refractivity (Wildman–Crippen MR) is 150 cm³/mol. The Kier molecular flexibility index (Phi) is 10.0. The van der Waals surface area contributed by atoms with Crippen molar-refractivity contribution in [2.45, 2.75) is 65.5 Å². The van der Waals surface area contributed by atoms with E-state index in [2.05, 4.69) is 65.5 Å². The molecule has 0 heterocycles. The van der Waals surface area contributed by atoms with E-state index in [1.54, 1.807) is 24.3 Å². The maximum Gasteiger partial charge on any atom is 0.335 e. The van der Waals surface area contributed by atoms with Crippen LogP contribution in [0.4, 0.5) is 0 Å². The number of hydrogen-bond donors (Lipinski definition) is 2. The van der Waals surface area contributed by atoms with Crippen molar-refractivity contribution in [2.24, 2.45) is 0 Å². The van der Waals surface area contributed by atoms with Crippen molar-refractivity contribution in [1.82, 2.24) is 0 Å². The summed E-state index contributed by atoms with van der Waals surface area (Å²) in [6, 6.07) is 14.2. The Hall–Kier alpha value is -1.83. The quantitative estimate of drug-likeness (QED) is 0.445. The van der Waals surface area contributed by atoms with Crippen LogP contribution in [0.25, 0.3) is 0 Å². The number of hydrogen-bond acceptors (Lipinski definition) is 4. The van der Waals surface area contributed by atoms with Gasteiger partial charge in [0.15, 0.2) is 16.6 Å². The first-order valence-electron chi connectivity index (χ1n) is 11.3. The van der Waals surface area contributed by atoms with Crippen molar-refractivity contribution >= 4 is 55.6 Å². The Bertz CT molecular complexity index is 891. The molecule has 2 rings (SSSR count). The molecule has 2 aromatic rings. The molecule has 2 N–H and O–H groups in total. The normalized spacial score (nSPS) is 12.5. The van der Waals surface area contributed by atoms with E-state index >= 15 is 0 Å². The van der Waals surface area contributed by atoms with E-state index in [-0.39, 0.29) is 0 Å². The summed E-state index contributed by atoms with van der Waals surface area (Å²) in [6.07, 6.45) is 0. The average Bonchev–Trinajstić information content (AvgIpc) is 2.65. The largest absolute Gasteiger partial charge is 0.478 e. The van der Waals surface area contributed by atoms with E-state index in [1.165, 1.54) is 0 Å². The number of aromatic carboxylic acids is 2. The molecule has 0 atom stereocenters. The molecule has 34 heavy (non-hydrogen) atoms. The topological polar surface area (TPSA) is 93.1 Å². The highest BCUT2D eigenvalue weighted by molar-refractivity contribution is 6.92. The van der Waals surface area contributed by atoms with Gasteiger partial charge < -0.3 is 18.4 Å². The molecule has 10 heteroatoms. The van der Waals surface area contributed by atoms with Crippen LogP contribution in [-0.2, 0) is 8.23 Å². The zero-order valence-electron chi connectivity index (χ0n) is 22.1. The molecule has 0 aliphatic carbocycles. The molecule has 0 unspecified atom stereocenters. The number of carboxylic acids is 2. The van der Waals surface area contributed by atoms with Crippen LogP contribution in [0.3, 0.4) is 0 Å². The molecule has 0 aromatic heterocycles. The SMILES string of the molecule is C[Si](C)(C)O[Si](C)(C)c1ccc(C(=O)O)cc1.C[Si](C)(C)O[Si](C)(C)c1ccc(C(=O)O)cc1. The van der Waals surface area contributed by atoms with Gasteiger partial charge in [-0.15, -0.1) is 0 Å². The third kappa shape index (κ3) is 10.2. The van der Waals surface area contributed by atoms with Crippen LogP contribution in [-0.4, -0.2) is 55.4 Å². The van der Waals surface area contributed by atoms with Gasteiger partial charge in [-0.3, -0.25) is 0 Å². The van der Waals surface area contributed by atoms with Crippen LogP contribution in [0.1, 0.15) is 20.7 Å². The first-order chi connectivity index (χ1) is 15.2. The number of rotatable bonds is 8. The molecular weight excluding hydrogens is 497 g/mol. The Balaban J connectivity index is 0.000000340. The van der Waals surface area contributed by atoms with Gasteiger partial charge in [-0.05, 0) is 100 Å². The van der Waals surface area contributed by atoms with Gasteiger partial charge in [0.2, 0.25) is 16.6 Å². The summed E-state index contributed by atoms with van der Waals surface area (Å²) in [6.45, 7) is 21.7. The molecule has 0 fully saturated rings. The molecule has 188 valence electrons. The second-order valence-corrected chi connectivity index (χ2v) is 28.5. The molecule has 6 nitrogen and oxygen atoms in total. The lowest BCUT2D eigenvalue weighted by Crippen LogP contribution is -2.51. The second kappa shape index (κ2) is 11.3. The van der Waals surface area contributed by atoms with Crippen molar-refractivity contribution < 1.29 is 28.0 Å². The molecule has 0 saturated heterocycles. The first-order valence-corrected chi connectivity index (χ1v) is 23.9. The molecule has 2 aromatic carbocycles. The molecule has 0 radical (unpaired) electrons. The Morgan fingerprint density at radius 3 is 0.941 bits per heavy atom. The van der Waals surface area contributed by atoms with E-state index in [0.29, 0.717) is 11.1 Å². The van der Waals surface area contributed by atoms with Crippen molar-refractivity contribution in [3.8, 4) is 0 Å². The number of carboxylic acid groups (broad SMARTS) is 2. The minimum Gasteiger partial charge on any atom is -0.478 e. The summed E-state index contributed by atoms with van der Waals surface area (Å²) in [5.41, 5.74) is 0.651. The van der Waals surface area contributed by atoms with Gasteiger partial charge in [-0.2, -0.15) is 0 Å². The lowest BCUT2D eigenvalue weighted by Gasteiger charge is -2.31. The van der Waals surface area contributed by atoms with Crippen LogP contribution in [0.2, 0.25) is 65.5 Å². The first kappa shape index (κ1) is 30.2. The number of carbonyl (C=O) groups is 2.